The second-order valence-corrected chi connectivity index (χ2v) is 7.63. The standard InChI is InChI=1S/C15H22O2Se/c1-2-3-9-15(14-10-12(16)11-17-14)18-13-7-5-4-6-8-13/h4-8,12,14-16H,2-3,9-11H2,1H3/t12-,14+,15+/m0/s1. The molecule has 0 spiro atoms. The van der Waals surface area contributed by atoms with Crippen LogP contribution in [0.4, 0.5) is 0 Å². The molecule has 1 aromatic rings. The normalized spacial score (nSPS) is 25.2. The molecule has 2 rings (SSSR count). The van der Waals surface area contributed by atoms with E-state index in [1.165, 1.54) is 23.7 Å². The van der Waals surface area contributed by atoms with Gasteiger partial charge in [-0.2, -0.15) is 0 Å². The summed E-state index contributed by atoms with van der Waals surface area (Å²) in [6, 6.07) is 10.7. The molecular formula is C15H22O2Se. The molecule has 1 N–H and O–H groups in total. The zero-order valence-electron chi connectivity index (χ0n) is 10.9. The van der Waals surface area contributed by atoms with Crippen LogP contribution < -0.4 is 4.46 Å². The molecule has 1 heterocycles. The van der Waals surface area contributed by atoms with Gasteiger partial charge in [-0.25, -0.2) is 0 Å². The van der Waals surface area contributed by atoms with Gasteiger partial charge in [0.25, 0.3) is 0 Å². The van der Waals surface area contributed by atoms with Crippen LogP contribution in [0, 0.1) is 0 Å². The van der Waals surface area contributed by atoms with Gasteiger partial charge in [0, 0.05) is 0 Å². The molecule has 0 radical (unpaired) electrons. The molecule has 1 aliphatic heterocycles. The van der Waals surface area contributed by atoms with Crippen molar-refractivity contribution in [3.8, 4) is 0 Å². The summed E-state index contributed by atoms with van der Waals surface area (Å²) < 4.78 is 7.20. The van der Waals surface area contributed by atoms with E-state index in [0.29, 0.717) is 26.4 Å². The summed E-state index contributed by atoms with van der Waals surface area (Å²) in [6.07, 6.45) is 4.56. The molecule has 1 saturated heterocycles. The number of benzene rings is 1. The minimum atomic E-state index is -0.245. The molecule has 3 heteroatoms. The van der Waals surface area contributed by atoms with Crippen molar-refractivity contribution in [3.05, 3.63) is 30.3 Å². The SMILES string of the molecule is CCCC[C@@H]([Se]c1ccccc1)[C@H]1C[C@H](O)CO1. The molecule has 0 bridgehead atoms. The van der Waals surface area contributed by atoms with Crippen molar-refractivity contribution in [2.24, 2.45) is 0 Å². The molecule has 3 atom stereocenters. The predicted octanol–water partition coefficient (Wildman–Crippen LogP) is 2.14. The fourth-order valence-electron chi connectivity index (χ4n) is 2.30. The van der Waals surface area contributed by atoms with Crippen LogP contribution >= 0.6 is 0 Å². The Morgan fingerprint density at radius 3 is 2.78 bits per heavy atom. The number of ether oxygens (including phenoxy) is 1. The molecule has 0 amide bonds. The summed E-state index contributed by atoms with van der Waals surface area (Å²) in [4.78, 5) is 0.608. The first-order valence-corrected chi connectivity index (χ1v) is 8.65. The average Bonchev–Trinajstić information content (AvgIpc) is 2.82. The van der Waals surface area contributed by atoms with E-state index < -0.39 is 0 Å². The number of unbranched alkanes of at least 4 members (excludes halogenated alkanes) is 1. The molecule has 100 valence electrons. The van der Waals surface area contributed by atoms with Gasteiger partial charge >= 0.3 is 116 Å². The second-order valence-electron chi connectivity index (χ2n) is 4.87. The third-order valence-electron chi connectivity index (χ3n) is 3.29. The monoisotopic (exact) mass is 314 g/mol. The van der Waals surface area contributed by atoms with Crippen molar-refractivity contribution in [2.75, 3.05) is 6.61 Å². The first-order chi connectivity index (χ1) is 8.79. The number of aliphatic hydroxyl groups excluding tert-OH is 1. The molecule has 0 unspecified atom stereocenters. The number of hydrogen-bond donors (Lipinski definition) is 1. The molecule has 1 fully saturated rings. The summed E-state index contributed by atoms with van der Waals surface area (Å²) in [5, 5.41) is 9.62. The Hall–Kier alpha value is -0.341. The Labute approximate surface area is 116 Å². The summed E-state index contributed by atoms with van der Waals surface area (Å²) in [5.74, 6) is 0. The Balaban J connectivity index is 1.96. The summed E-state index contributed by atoms with van der Waals surface area (Å²) in [6.45, 7) is 2.76. The first-order valence-electron chi connectivity index (χ1n) is 6.81. The van der Waals surface area contributed by atoms with Crippen molar-refractivity contribution >= 4 is 19.4 Å². The van der Waals surface area contributed by atoms with Crippen LogP contribution in [0.3, 0.4) is 0 Å². The van der Waals surface area contributed by atoms with Gasteiger partial charge in [-0.1, -0.05) is 0 Å². The van der Waals surface area contributed by atoms with Crippen molar-refractivity contribution < 1.29 is 9.84 Å². The van der Waals surface area contributed by atoms with Gasteiger partial charge in [-0.15, -0.1) is 0 Å². The first kappa shape index (κ1) is 14.1. The van der Waals surface area contributed by atoms with E-state index in [2.05, 4.69) is 37.3 Å². The predicted molar refractivity (Wildman–Crippen MR) is 75.5 cm³/mol. The zero-order chi connectivity index (χ0) is 12.8. The molecule has 1 aromatic carbocycles. The number of hydrogen-bond acceptors (Lipinski definition) is 2. The second kappa shape index (κ2) is 7.30. The van der Waals surface area contributed by atoms with Crippen molar-refractivity contribution in [1.29, 1.82) is 0 Å². The van der Waals surface area contributed by atoms with Gasteiger partial charge in [0.15, 0.2) is 0 Å². The number of rotatable bonds is 6. The van der Waals surface area contributed by atoms with Gasteiger partial charge in [-0.05, 0) is 0 Å². The van der Waals surface area contributed by atoms with Gasteiger partial charge in [0.1, 0.15) is 0 Å². The molecule has 2 nitrogen and oxygen atoms in total. The maximum atomic E-state index is 9.62. The van der Waals surface area contributed by atoms with Crippen molar-refractivity contribution in [3.63, 3.8) is 0 Å². The van der Waals surface area contributed by atoms with Crippen molar-refractivity contribution in [1.82, 2.24) is 0 Å². The number of aliphatic hydroxyl groups is 1. The van der Waals surface area contributed by atoms with Crippen LogP contribution in [0.1, 0.15) is 32.6 Å². The van der Waals surface area contributed by atoms with Crippen LogP contribution in [0.2, 0.25) is 4.82 Å². The van der Waals surface area contributed by atoms with Gasteiger partial charge < -0.3 is 0 Å². The van der Waals surface area contributed by atoms with E-state index in [1.54, 1.807) is 0 Å². The quantitative estimate of drug-likeness (QED) is 0.816. The Kier molecular flexibility index (Phi) is 5.71. The molecular weight excluding hydrogens is 291 g/mol. The van der Waals surface area contributed by atoms with E-state index >= 15 is 0 Å². The molecule has 18 heavy (non-hydrogen) atoms. The molecule has 0 saturated carbocycles. The molecule has 0 aliphatic carbocycles. The third-order valence-corrected chi connectivity index (χ3v) is 6.20. The average molecular weight is 313 g/mol. The Morgan fingerprint density at radius 1 is 1.39 bits per heavy atom. The fourth-order valence-corrected chi connectivity index (χ4v) is 5.00. The van der Waals surface area contributed by atoms with Crippen LogP contribution in [0.5, 0.6) is 0 Å². The van der Waals surface area contributed by atoms with Crippen LogP contribution in [0.15, 0.2) is 30.3 Å². The Morgan fingerprint density at radius 2 is 2.17 bits per heavy atom. The van der Waals surface area contributed by atoms with E-state index in [4.69, 9.17) is 4.74 Å². The van der Waals surface area contributed by atoms with Gasteiger partial charge in [-0.3, -0.25) is 0 Å². The topological polar surface area (TPSA) is 29.5 Å². The zero-order valence-corrected chi connectivity index (χ0v) is 12.6. The van der Waals surface area contributed by atoms with Crippen LogP contribution in [-0.4, -0.2) is 38.9 Å². The summed E-state index contributed by atoms with van der Waals surface area (Å²) in [5.41, 5.74) is 0. The minimum absolute atomic E-state index is 0.245. The van der Waals surface area contributed by atoms with Crippen LogP contribution in [-0.2, 0) is 4.74 Å². The van der Waals surface area contributed by atoms with Gasteiger partial charge in [0.05, 0.1) is 0 Å². The summed E-state index contributed by atoms with van der Waals surface area (Å²) in [7, 11) is 0. The van der Waals surface area contributed by atoms with E-state index in [-0.39, 0.29) is 12.2 Å². The summed E-state index contributed by atoms with van der Waals surface area (Å²) >= 11 is 0.450. The van der Waals surface area contributed by atoms with Crippen LogP contribution in [0.25, 0.3) is 0 Å². The fraction of sp³-hybridized carbons (Fsp3) is 0.600. The molecule has 0 aromatic heterocycles. The van der Waals surface area contributed by atoms with E-state index in [1.807, 2.05) is 0 Å². The Bertz CT molecular complexity index is 342. The molecule has 1 aliphatic rings. The van der Waals surface area contributed by atoms with Gasteiger partial charge in [0.2, 0.25) is 0 Å². The van der Waals surface area contributed by atoms with Crippen molar-refractivity contribution in [2.45, 2.75) is 49.6 Å². The third kappa shape index (κ3) is 4.10. The van der Waals surface area contributed by atoms with E-state index in [0.717, 1.165) is 6.42 Å². The van der Waals surface area contributed by atoms with E-state index in [9.17, 15) is 5.11 Å². The maximum absolute atomic E-state index is 9.62.